The summed E-state index contributed by atoms with van der Waals surface area (Å²) in [5.74, 6) is 0.493. The first kappa shape index (κ1) is 16.0. The monoisotopic (exact) mass is 322 g/mol. The van der Waals surface area contributed by atoms with E-state index in [1.807, 2.05) is 54.5 Å². The van der Waals surface area contributed by atoms with Gasteiger partial charge in [-0.2, -0.15) is 0 Å². The Morgan fingerprint density at radius 3 is 2.62 bits per heavy atom. The molecule has 0 atom stereocenters. The van der Waals surface area contributed by atoms with E-state index in [4.69, 9.17) is 11.6 Å². The maximum Gasteiger partial charge on any atom is 0.229 e. The van der Waals surface area contributed by atoms with Crippen molar-refractivity contribution in [3.05, 3.63) is 52.0 Å². The maximum atomic E-state index is 12.5. The summed E-state index contributed by atoms with van der Waals surface area (Å²) in [6, 6.07) is 10.2. The van der Waals surface area contributed by atoms with Crippen molar-refractivity contribution in [2.75, 3.05) is 0 Å². The smallest absolute Gasteiger partial charge is 0.229 e. The highest BCUT2D eigenvalue weighted by Crippen LogP contribution is 2.15. The highest BCUT2D eigenvalue weighted by atomic mass is 35.5. The van der Waals surface area contributed by atoms with Gasteiger partial charge in [0.2, 0.25) is 5.91 Å². The fourth-order valence-corrected chi connectivity index (χ4v) is 3.07. The standard InChI is InChI=1S/C16H19ClN2OS/c1-12(2)19(10-13-6-4-3-5-7-13)16(20)8-15-18-14(9-17)11-21-15/h3-7,11-12H,8-10H2,1-2H3. The van der Waals surface area contributed by atoms with E-state index in [0.717, 1.165) is 16.3 Å². The molecule has 5 heteroatoms. The number of rotatable bonds is 6. The van der Waals surface area contributed by atoms with E-state index in [2.05, 4.69) is 4.98 Å². The molecule has 2 aromatic rings. The van der Waals surface area contributed by atoms with E-state index in [0.29, 0.717) is 18.8 Å². The van der Waals surface area contributed by atoms with Crippen LogP contribution in [0.2, 0.25) is 0 Å². The third-order valence-corrected chi connectivity index (χ3v) is 4.35. The molecule has 0 radical (unpaired) electrons. The van der Waals surface area contributed by atoms with E-state index in [1.165, 1.54) is 11.3 Å². The first-order valence-corrected chi connectivity index (χ1v) is 8.34. The van der Waals surface area contributed by atoms with Crippen molar-refractivity contribution in [3.63, 3.8) is 0 Å². The summed E-state index contributed by atoms with van der Waals surface area (Å²) in [6.07, 6.45) is 0.340. The highest BCUT2D eigenvalue weighted by molar-refractivity contribution is 7.09. The number of hydrogen-bond acceptors (Lipinski definition) is 3. The van der Waals surface area contributed by atoms with E-state index in [-0.39, 0.29) is 11.9 Å². The molecule has 0 bridgehead atoms. The van der Waals surface area contributed by atoms with Gasteiger partial charge in [-0.25, -0.2) is 4.98 Å². The van der Waals surface area contributed by atoms with Crippen LogP contribution in [0.4, 0.5) is 0 Å². The fraction of sp³-hybridized carbons (Fsp3) is 0.375. The third kappa shape index (κ3) is 4.55. The van der Waals surface area contributed by atoms with Crippen LogP contribution in [0.15, 0.2) is 35.7 Å². The quantitative estimate of drug-likeness (QED) is 0.757. The van der Waals surface area contributed by atoms with Crippen molar-refractivity contribution in [1.82, 2.24) is 9.88 Å². The minimum absolute atomic E-state index is 0.101. The second-order valence-corrected chi connectivity index (χ2v) is 6.35. The second kappa shape index (κ2) is 7.57. The molecule has 0 fully saturated rings. The van der Waals surface area contributed by atoms with Crippen molar-refractivity contribution in [2.45, 2.75) is 38.7 Å². The van der Waals surface area contributed by atoms with Crippen molar-refractivity contribution in [1.29, 1.82) is 0 Å². The lowest BCUT2D eigenvalue weighted by Gasteiger charge is -2.26. The van der Waals surface area contributed by atoms with Crippen molar-refractivity contribution in [2.24, 2.45) is 0 Å². The minimum atomic E-state index is 0.101. The Kier molecular flexibility index (Phi) is 5.76. The topological polar surface area (TPSA) is 33.2 Å². The molecule has 0 N–H and O–H groups in total. The zero-order valence-corrected chi connectivity index (χ0v) is 13.8. The zero-order chi connectivity index (χ0) is 15.2. The predicted octanol–water partition coefficient (Wildman–Crippen LogP) is 3.86. The fourth-order valence-electron chi connectivity index (χ4n) is 2.06. The Labute approximate surface area is 134 Å². The number of halogens is 1. The van der Waals surface area contributed by atoms with Gasteiger partial charge in [0.1, 0.15) is 5.01 Å². The normalized spacial score (nSPS) is 10.9. The van der Waals surface area contributed by atoms with Crippen LogP contribution in [0.25, 0.3) is 0 Å². The molecule has 0 unspecified atom stereocenters. The van der Waals surface area contributed by atoms with Gasteiger partial charge >= 0.3 is 0 Å². The molecule has 2 rings (SSSR count). The molecule has 0 aliphatic heterocycles. The molecule has 3 nitrogen and oxygen atoms in total. The number of hydrogen-bond donors (Lipinski definition) is 0. The summed E-state index contributed by atoms with van der Waals surface area (Å²) in [6.45, 7) is 4.70. The molecular formula is C16H19ClN2OS. The van der Waals surface area contributed by atoms with Crippen LogP contribution >= 0.6 is 22.9 Å². The second-order valence-electron chi connectivity index (χ2n) is 5.14. The van der Waals surface area contributed by atoms with Gasteiger partial charge in [-0.15, -0.1) is 22.9 Å². The molecule has 21 heavy (non-hydrogen) atoms. The molecule has 0 aliphatic carbocycles. The number of carbonyl (C=O) groups excluding carboxylic acids is 1. The number of aromatic nitrogens is 1. The van der Waals surface area contributed by atoms with Gasteiger partial charge in [-0.1, -0.05) is 30.3 Å². The van der Waals surface area contributed by atoms with E-state index < -0.39 is 0 Å². The summed E-state index contributed by atoms with van der Waals surface area (Å²) in [5, 5.41) is 2.74. The Balaban J connectivity index is 2.05. The third-order valence-electron chi connectivity index (χ3n) is 3.18. The van der Waals surface area contributed by atoms with E-state index in [9.17, 15) is 4.79 Å². The number of alkyl halides is 1. The van der Waals surface area contributed by atoms with Crippen LogP contribution in [0.5, 0.6) is 0 Å². The van der Waals surface area contributed by atoms with Gasteiger partial charge in [0.15, 0.2) is 0 Å². The molecule has 0 aliphatic rings. The maximum absolute atomic E-state index is 12.5. The highest BCUT2D eigenvalue weighted by Gasteiger charge is 2.19. The Bertz CT molecular complexity index is 583. The molecule has 1 amide bonds. The number of carbonyl (C=O) groups is 1. The number of benzene rings is 1. The van der Waals surface area contributed by atoms with Gasteiger partial charge in [-0.05, 0) is 19.4 Å². The van der Waals surface area contributed by atoms with Gasteiger partial charge in [0.05, 0.1) is 18.0 Å². The van der Waals surface area contributed by atoms with Crippen LogP contribution in [0.3, 0.4) is 0 Å². The molecule has 1 aromatic heterocycles. The summed E-state index contributed by atoms with van der Waals surface area (Å²) in [7, 11) is 0. The average Bonchev–Trinajstić information content (AvgIpc) is 2.93. The zero-order valence-electron chi connectivity index (χ0n) is 12.3. The molecular weight excluding hydrogens is 304 g/mol. The predicted molar refractivity (Wildman–Crippen MR) is 87.5 cm³/mol. The largest absolute Gasteiger partial charge is 0.336 e. The Morgan fingerprint density at radius 2 is 2.05 bits per heavy atom. The van der Waals surface area contributed by atoms with E-state index in [1.54, 1.807) is 0 Å². The van der Waals surface area contributed by atoms with Crippen LogP contribution in [0.1, 0.15) is 30.1 Å². The van der Waals surface area contributed by atoms with Crippen molar-refractivity contribution >= 4 is 28.8 Å². The lowest BCUT2D eigenvalue weighted by Crippen LogP contribution is -2.37. The van der Waals surface area contributed by atoms with Crippen molar-refractivity contribution in [3.8, 4) is 0 Å². The molecule has 0 saturated heterocycles. The molecule has 0 spiro atoms. The summed E-state index contributed by atoms with van der Waals surface area (Å²) >= 11 is 7.24. The molecule has 112 valence electrons. The Hall–Kier alpha value is -1.39. The minimum Gasteiger partial charge on any atom is -0.336 e. The summed E-state index contributed by atoms with van der Waals surface area (Å²) in [5.41, 5.74) is 1.98. The Morgan fingerprint density at radius 1 is 1.33 bits per heavy atom. The summed E-state index contributed by atoms with van der Waals surface area (Å²) < 4.78 is 0. The number of nitrogens with zero attached hydrogens (tertiary/aromatic N) is 2. The molecule has 0 saturated carbocycles. The lowest BCUT2D eigenvalue weighted by atomic mass is 10.2. The van der Waals surface area contributed by atoms with Gasteiger partial charge in [-0.3, -0.25) is 4.79 Å². The van der Waals surface area contributed by atoms with Crippen molar-refractivity contribution < 1.29 is 4.79 Å². The van der Waals surface area contributed by atoms with Gasteiger partial charge < -0.3 is 4.90 Å². The van der Waals surface area contributed by atoms with Crippen LogP contribution in [-0.4, -0.2) is 21.8 Å². The first-order chi connectivity index (χ1) is 10.1. The van der Waals surface area contributed by atoms with Crippen LogP contribution < -0.4 is 0 Å². The average molecular weight is 323 g/mol. The van der Waals surface area contributed by atoms with Crippen LogP contribution in [0, 0.1) is 0 Å². The number of amides is 1. The van der Waals surface area contributed by atoms with Crippen LogP contribution in [-0.2, 0) is 23.6 Å². The molecule has 1 aromatic carbocycles. The van der Waals surface area contributed by atoms with Gasteiger partial charge in [0, 0.05) is 18.0 Å². The SMILES string of the molecule is CC(C)N(Cc1ccccc1)C(=O)Cc1nc(CCl)cs1. The van der Waals surface area contributed by atoms with E-state index >= 15 is 0 Å². The number of thiazole rings is 1. The first-order valence-electron chi connectivity index (χ1n) is 6.92. The van der Waals surface area contributed by atoms with Gasteiger partial charge in [0.25, 0.3) is 0 Å². The summed E-state index contributed by atoms with van der Waals surface area (Å²) in [4.78, 5) is 18.8. The molecule has 1 heterocycles. The lowest BCUT2D eigenvalue weighted by molar-refractivity contribution is -0.132.